The van der Waals surface area contributed by atoms with E-state index in [4.69, 9.17) is 6.42 Å². The minimum Gasteiger partial charge on any atom is -0.315 e. The van der Waals surface area contributed by atoms with Crippen LogP contribution in [0, 0.1) is 12.3 Å². The van der Waals surface area contributed by atoms with Crippen LogP contribution >= 0.6 is 0 Å². The number of nitrogens with one attached hydrogen (secondary N) is 3. The molecule has 0 unspecified atom stereocenters. The van der Waals surface area contributed by atoms with E-state index >= 15 is 0 Å². The zero-order chi connectivity index (χ0) is 10.5. The van der Waals surface area contributed by atoms with Gasteiger partial charge in [-0.25, -0.2) is 0 Å². The van der Waals surface area contributed by atoms with E-state index < -0.39 is 0 Å². The summed E-state index contributed by atoms with van der Waals surface area (Å²) in [4.78, 5) is 0. The first-order chi connectivity index (χ1) is 6.91. The molecule has 3 heteroatoms. The van der Waals surface area contributed by atoms with E-state index in [-0.39, 0.29) is 1.43 Å². The van der Waals surface area contributed by atoms with E-state index in [9.17, 15) is 0 Å². The van der Waals surface area contributed by atoms with Crippen molar-refractivity contribution in [3.8, 4) is 12.3 Å². The minimum absolute atomic E-state index is 0. The normalized spacial score (nSPS) is 10.0. The summed E-state index contributed by atoms with van der Waals surface area (Å²) in [6.07, 6.45) is 7.14. The molecule has 3 nitrogen and oxygen atoms in total. The second-order valence-electron chi connectivity index (χ2n) is 3.20. The molecule has 0 aromatic rings. The second-order valence-corrected chi connectivity index (χ2v) is 3.20. The summed E-state index contributed by atoms with van der Waals surface area (Å²) in [6.45, 7) is 8.31. The molecule has 0 atom stereocenters. The highest BCUT2D eigenvalue weighted by Crippen LogP contribution is 1.70. The largest absolute Gasteiger partial charge is 0.315 e. The van der Waals surface area contributed by atoms with E-state index in [2.05, 4.69) is 28.8 Å². The zero-order valence-electron chi connectivity index (χ0n) is 9.23. The van der Waals surface area contributed by atoms with E-state index in [0.717, 1.165) is 45.7 Å². The summed E-state index contributed by atoms with van der Waals surface area (Å²) in [6, 6.07) is 0. The van der Waals surface area contributed by atoms with Crippen LogP contribution in [0.5, 0.6) is 0 Å². The highest BCUT2D eigenvalue weighted by molar-refractivity contribution is 4.83. The average molecular weight is 199 g/mol. The molecule has 3 N–H and O–H groups in total. The second kappa shape index (κ2) is 12.4. The molecule has 14 heavy (non-hydrogen) atoms. The Hall–Kier alpha value is -0.560. The average Bonchev–Trinajstić information content (AvgIpc) is 2.21. The van der Waals surface area contributed by atoms with Gasteiger partial charge in [0.2, 0.25) is 0 Å². The van der Waals surface area contributed by atoms with E-state index in [0.29, 0.717) is 0 Å². The Morgan fingerprint density at radius 1 is 0.929 bits per heavy atom. The van der Waals surface area contributed by atoms with Gasteiger partial charge < -0.3 is 16.0 Å². The number of hydrogen-bond acceptors (Lipinski definition) is 3. The molecule has 0 radical (unpaired) electrons. The summed E-state index contributed by atoms with van der Waals surface area (Å²) in [5, 5.41) is 9.94. The van der Waals surface area contributed by atoms with Gasteiger partial charge in [-0.15, -0.1) is 12.3 Å². The van der Waals surface area contributed by atoms with Crippen molar-refractivity contribution >= 4 is 0 Å². The van der Waals surface area contributed by atoms with Crippen LogP contribution in [0.15, 0.2) is 0 Å². The molecule has 0 spiro atoms. The maximum Gasteiger partial charge on any atom is 0.0211 e. The maximum atomic E-state index is 5.12. The lowest BCUT2D eigenvalue weighted by Crippen LogP contribution is -2.33. The van der Waals surface area contributed by atoms with Crippen LogP contribution in [0.4, 0.5) is 0 Å². The number of rotatable bonds is 10. The van der Waals surface area contributed by atoms with Crippen molar-refractivity contribution in [2.45, 2.75) is 19.8 Å². The molecule has 0 bridgehead atoms. The van der Waals surface area contributed by atoms with Crippen molar-refractivity contribution in [1.29, 1.82) is 0 Å². The fourth-order valence-electron chi connectivity index (χ4n) is 1.07. The Balaban J connectivity index is 0. The predicted octanol–water partition coefficient (Wildman–Crippen LogP) is 0.435. The lowest BCUT2D eigenvalue weighted by molar-refractivity contribution is 0.582. The van der Waals surface area contributed by atoms with Crippen molar-refractivity contribution < 1.29 is 1.43 Å². The molecule has 0 rings (SSSR count). The molecule has 0 aliphatic heterocycles. The van der Waals surface area contributed by atoms with Gasteiger partial charge in [0, 0.05) is 40.6 Å². The Labute approximate surface area is 89.5 Å². The summed E-state index contributed by atoms with van der Waals surface area (Å²) < 4.78 is 0. The summed E-state index contributed by atoms with van der Waals surface area (Å²) >= 11 is 0. The van der Waals surface area contributed by atoms with Crippen LogP contribution in [0.1, 0.15) is 21.2 Å². The van der Waals surface area contributed by atoms with Gasteiger partial charge in [-0.1, -0.05) is 6.92 Å². The predicted molar refractivity (Wildman–Crippen MR) is 64.5 cm³/mol. The minimum atomic E-state index is 0. The van der Waals surface area contributed by atoms with Crippen LogP contribution in [0.2, 0.25) is 0 Å². The molecule has 0 saturated carbocycles. The third-order valence-corrected chi connectivity index (χ3v) is 1.83. The monoisotopic (exact) mass is 199 g/mol. The zero-order valence-corrected chi connectivity index (χ0v) is 9.23. The summed E-state index contributed by atoms with van der Waals surface area (Å²) in [5.41, 5.74) is 0. The Morgan fingerprint density at radius 3 is 1.93 bits per heavy atom. The van der Waals surface area contributed by atoms with Crippen LogP contribution in [-0.4, -0.2) is 39.3 Å². The van der Waals surface area contributed by atoms with Crippen LogP contribution < -0.4 is 16.0 Å². The first-order valence-electron chi connectivity index (χ1n) is 5.47. The van der Waals surface area contributed by atoms with E-state index in [1.54, 1.807) is 0 Å². The first kappa shape index (κ1) is 13.4. The number of terminal acetylenes is 1. The summed E-state index contributed by atoms with van der Waals surface area (Å²) in [5.74, 6) is 2.60. The van der Waals surface area contributed by atoms with Crippen LogP contribution in [0.3, 0.4) is 0 Å². The van der Waals surface area contributed by atoms with Crippen molar-refractivity contribution in [3.05, 3.63) is 0 Å². The van der Waals surface area contributed by atoms with E-state index in [1.165, 1.54) is 6.42 Å². The highest BCUT2D eigenvalue weighted by atomic mass is 15.0. The molecular weight excluding hydrogens is 174 g/mol. The molecule has 0 aromatic carbocycles. The van der Waals surface area contributed by atoms with Crippen molar-refractivity contribution in [2.75, 3.05) is 39.3 Å². The molecule has 0 heterocycles. The summed E-state index contributed by atoms with van der Waals surface area (Å²) in [7, 11) is 0. The van der Waals surface area contributed by atoms with Gasteiger partial charge in [0.15, 0.2) is 0 Å². The topological polar surface area (TPSA) is 36.1 Å². The van der Waals surface area contributed by atoms with Crippen molar-refractivity contribution in [3.63, 3.8) is 0 Å². The lowest BCUT2D eigenvalue weighted by Gasteiger charge is -2.06. The SMILES string of the molecule is C#CCCNCCNCCNCCC.[HH]. The third-order valence-electron chi connectivity index (χ3n) is 1.83. The lowest BCUT2D eigenvalue weighted by atomic mass is 10.4. The Bertz CT molecular complexity index is 145. The van der Waals surface area contributed by atoms with Crippen molar-refractivity contribution in [2.24, 2.45) is 0 Å². The molecule has 0 aliphatic carbocycles. The maximum absolute atomic E-state index is 5.12. The van der Waals surface area contributed by atoms with Gasteiger partial charge in [-0.3, -0.25) is 0 Å². The highest BCUT2D eigenvalue weighted by Gasteiger charge is 1.87. The molecule has 0 fully saturated rings. The molecule has 0 aromatic heterocycles. The standard InChI is InChI=1S/C11H23N3.H2/c1-3-5-7-13-9-11-14-10-8-12-6-4-2;/h1,12-14H,4-11H2,2H3;1H. The van der Waals surface area contributed by atoms with Gasteiger partial charge in [0.05, 0.1) is 0 Å². The molecular formula is C11H25N3. The Morgan fingerprint density at radius 2 is 1.43 bits per heavy atom. The van der Waals surface area contributed by atoms with Gasteiger partial charge in [0.1, 0.15) is 0 Å². The van der Waals surface area contributed by atoms with Gasteiger partial charge in [0.25, 0.3) is 0 Å². The Kier molecular flexibility index (Phi) is 11.9. The molecule has 0 saturated heterocycles. The van der Waals surface area contributed by atoms with Crippen LogP contribution in [-0.2, 0) is 0 Å². The van der Waals surface area contributed by atoms with Crippen LogP contribution in [0.25, 0.3) is 0 Å². The van der Waals surface area contributed by atoms with Crippen molar-refractivity contribution in [1.82, 2.24) is 16.0 Å². The third kappa shape index (κ3) is 11.4. The molecule has 0 amide bonds. The first-order valence-corrected chi connectivity index (χ1v) is 5.47. The fourth-order valence-corrected chi connectivity index (χ4v) is 1.07. The van der Waals surface area contributed by atoms with E-state index in [1.807, 2.05) is 0 Å². The smallest absolute Gasteiger partial charge is 0.0211 e. The van der Waals surface area contributed by atoms with Gasteiger partial charge in [-0.05, 0) is 13.0 Å². The number of hydrogen-bond donors (Lipinski definition) is 3. The fraction of sp³-hybridized carbons (Fsp3) is 0.818. The molecule has 84 valence electrons. The van der Waals surface area contributed by atoms with Gasteiger partial charge in [-0.2, -0.15) is 0 Å². The quantitative estimate of drug-likeness (QED) is 0.353. The van der Waals surface area contributed by atoms with Gasteiger partial charge >= 0.3 is 0 Å². The molecule has 0 aliphatic rings.